The van der Waals surface area contributed by atoms with Gasteiger partial charge in [-0.1, -0.05) is 0 Å². The molecule has 5 heteroatoms. The summed E-state index contributed by atoms with van der Waals surface area (Å²) < 4.78 is 5.49. The van der Waals surface area contributed by atoms with Crippen molar-refractivity contribution in [2.75, 3.05) is 6.54 Å². The largest absolute Gasteiger partial charge is 0.480 e. The molecule has 3 heterocycles. The fourth-order valence-corrected chi connectivity index (χ4v) is 2.59. The lowest BCUT2D eigenvalue weighted by atomic mass is 9.86. The molecular formula is C13H14N2O3. The number of aliphatic carboxylic acids is 1. The van der Waals surface area contributed by atoms with Crippen LogP contribution in [0.1, 0.15) is 24.3 Å². The van der Waals surface area contributed by atoms with E-state index in [4.69, 9.17) is 9.52 Å². The second-order valence-corrected chi connectivity index (χ2v) is 4.63. The maximum absolute atomic E-state index is 11.0. The molecule has 0 aliphatic carbocycles. The Morgan fingerprint density at radius 3 is 3.22 bits per heavy atom. The summed E-state index contributed by atoms with van der Waals surface area (Å²) in [6.07, 6.45) is 6.69. The molecule has 0 aromatic carbocycles. The Kier molecular flexibility index (Phi) is 2.76. The topological polar surface area (TPSA) is 75.4 Å². The van der Waals surface area contributed by atoms with E-state index in [1.54, 1.807) is 18.7 Å². The average Bonchev–Trinajstić information content (AvgIpc) is 2.87. The lowest BCUT2D eigenvalue weighted by Crippen LogP contribution is -2.42. The van der Waals surface area contributed by atoms with Crippen LogP contribution in [0.15, 0.2) is 29.1 Å². The van der Waals surface area contributed by atoms with Gasteiger partial charge < -0.3 is 14.8 Å². The summed E-state index contributed by atoms with van der Waals surface area (Å²) in [5.74, 6) is -0.603. The Bertz CT molecular complexity index is 578. The number of aromatic nitrogens is 1. The number of furan rings is 1. The average molecular weight is 246 g/mol. The number of carboxylic acid groups (broad SMARTS) is 1. The van der Waals surface area contributed by atoms with E-state index in [0.717, 1.165) is 23.0 Å². The molecule has 18 heavy (non-hydrogen) atoms. The van der Waals surface area contributed by atoms with E-state index in [2.05, 4.69) is 10.3 Å². The fraction of sp³-hybridized carbons (Fsp3) is 0.385. The SMILES string of the molecule is O=C(O)C1CC(c2cncc3ccoc23)CCN1. The van der Waals surface area contributed by atoms with Crippen molar-refractivity contribution >= 4 is 16.9 Å². The van der Waals surface area contributed by atoms with Gasteiger partial charge in [-0.2, -0.15) is 0 Å². The van der Waals surface area contributed by atoms with Gasteiger partial charge in [0.2, 0.25) is 0 Å². The number of fused-ring (bicyclic) bond motifs is 1. The molecule has 2 aromatic rings. The van der Waals surface area contributed by atoms with Crippen LogP contribution < -0.4 is 5.32 Å². The molecule has 0 radical (unpaired) electrons. The quantitative estimate of drug-likeness (QED) is 0.844. The third kappa shape index (κ3) is 1.86. The van der Waals surface area contributed by atoms with E-state index >= 15 is 0 Å². The van der Waals surface area contributed by atoms with Crippen molar-refractivity contribution in [3.8, 4) is 0 Å². The third-order valence-corrected chi connectivity index (χ3v) is 3.53. The van der Waals surface area contributed by atoms with E-state index in [-0.39, 0.29) is 5.92 Å². The van der Waals surface area contributed by atoms with Crippen LogP contribution in [0.5, 0.6) is 0 Å². The number of carboxylic acids is 1. The first-order valence-electron chi connectivity index (χ1n) is 6.03. The zero-order chi connectivity index (χ0) is 12.5. The van der Waals surface area contributed by atoms with Crippen molar-refractivity contribution in [3.05, 3.63) is 30.3 Å². The molecular weight excluding hydrogens is 232 g/mol. The minimum Gasteiger partial charge on any atom is -0.480 e. The molecule has 0 spiro atoms. The molecule has 2 unspecified atom stereocenters. The zero-order valence-corrected chi connectivity index (χ0v) is 9.80. The van der Waals surface area contributed by atoms with Crippen LogP contribution in [0.3, 0.4) is 0 Å². The van der Waals surface area contributed by atoms with Crippen LogP contribution >= 0.6 is 0 Å². The Hall–Kier alpha value is -1.88. The summed E-state index contributed by atoms with van der Waals surface area (Å²) in [5.41, 5.74) is 1.85. The lowest BCUT2D eigenvalue weighted by molar-refractivity contribution is -0.140. The van der Waals surface area contributed by atoms with Gasteiger partial charge in [0.15, 0.2) is 0 Å². The Balaban J connectivity index is 1.94. The van der Waals surface area contributed by atoms with Crippen molar-refractivity contribution in [2.45, 2.75) is 24.8 Å². The van der Waals surface area contributed by atoms with Crippen LogP contribution in [0.4, 0.5) is 0 Å². The monoisotopic (exact) mass is 246 g/mol. The first-order chi connectivity index (χ1) is 8.75. The van der Waals surface area contributed by atoms with Crippen molar-refractivity contribution in [2.24, 2.45) is 0 Å². The van der Waals surface area contributed by atoms with Gasteiger partial charge in [0, 0.05) is 23.3 Å². The molecule has 0 amide bonds. The second-order valence-electron chi connectivity index (χ2n) is 4.63. The summed E-state index contributed by atoms with van der Waals surface area (Å²) in [4.78, 5) is 15.2. The number of piperidine rings is 1. The minimum atomic E-state index is -0.792. The number of hydrogen-bond acceptors (Lipinski definition) is 4. The van der Waals surface area contributed by atoms with Crippen LogP contribution in [-0.4, -0.2) is 28.6 Å². The van der Waals surface area contributed by atoms with Gasteiger partial charge >= 0.3 is 5.97 Å². The third-order valence-electron chi connectivity index (χ3n) is 3.53. The number of carbonyl (C=O) groups is 1. The lowest BCUT2D eigenvalue weighted by Gasteiger charge is -2.27. The van der Waals surface area contributed by atoms with E-state index in [9.17, 15) is 4.79 Å². The highest BCUT2D eigenvalue weighted by atomic mass is 16.4. The first-order valence-corrected chi connectivity index (χ1v) is 6.03. The van der Waals surface area contributed by atoms with E-state index in [1.165, 1.54) is 0 Å². The standard InChI is InChI=1S/C13H14N2O3/c16-13(17)11-5-8(1-3-15-11)10-7-14-6-9-2-4-18-12(9)10/h2,4,6-8,11,15H,1,3,5H2,(H,16,17). The highest BCUT2D eigenvalue weighted by Gasteiger charge is 2.29. The summed E-state index contributed by atoms with van der Waals surface area (Å²) >= 11 is 0. The predicted octanol–water partition coefficient (Wildman–Crippen LogP) is 1.75. The van der Waals surface area contributed by atoms with E-state index in [0.29, 0.717) is 13.0 Å². The van der Waals surface area contributed by atoms with Gasteiger partial charge in [0.1, 0.15) is 11.6 Å². The van der Waals surface area contributed by atoms with Crippen molar-refractivity contribution in [3.63, 3.8) is 0 Å². The molecule has 94 valence electrons. The van der Waals surface area contributed by atoms with Gasteiger partial charge in [0.25, 0.3) is 0 Å². The summed E-state index contributed by atoms with van der Waals surface area (Å²) in [7, 11) is 0. The predicted molar refractivity (Wildman–Crippen MR) is 65.4 cm³/mol. The fourth-order valence-electron chi connectivity index (χ4n) is 2.59. The number of pyridine rings is 1. The number of rotatable bonds is 2. The molecule has 1 fully saturated rings. The molecule has 2 aromatic heterocycles. The van der Waals surface area contributed by atoms with Crippen LogP contribution in [0.25, 0.3) is 11.0 Å². The van der Waals surface area contributed by atoms with E-state index in [1.807, 2.05) is 6.07 Å². The van der Waals surface area contributed by atoms with Gasteiger partial charge in [0.05, 0.1) is 6.26 Å². The molecule has 2 atom stereocenters. The normalized spacial score (nSPS) is 24.2. The maximum Gasteiger partial charge on any atom is 0.320 e. The second kappa shape index (κ2) is 4.42. The van der Waals surface area contributed by atoms with Crippen LogP contribution in [0.2, 0.25) is 0 Å². The number of nitrogens with zero attached hydrogens (tertiary/aromatic N) is 1. The van der Waals surface area contributed by atoms with Crippen molar-refractivity contribution in [1.29, 1.82) is 0 Å². The number of nitrogens with one attached hydrogen (secondary N) is 1. The molecule has 0 saturated carbocycles. The number of hydrogen-bond donors (Lipinski definition) is 2. The highest BCUT2D eigenvalue weighted by molar-refractivity contribution is 5.80. The maximum atomic E-state index is 11.0. The summed E-state index contributed by atoms with van der Waals surface area (Å²) in [6, 6.07) is 1.40. The van der Waals surface area contributed by atoms with Crippen LogP contribution in [0, 0.1) is 0 Å². The van der Waals surface area contributed by atoms with Crippen molar-refractivity contribution in [1.82, 2.24) is 10.3 Å². The smallest absolute Gasteiger partial charge is 0.320 e. The molecule has 3 rings (SSSR count). The molecule has 1 aliphatic rings. The molecule has 1 saturated heterocycles. The summed E-state index contributed by atoms with van der Waals surface area (Å²) in [6.45, 7) is 0.707. The Morgan fingerprint density at radius 1 is 1.50 bits per heavy atom. The van der Waals surface area contributed by atoms with Crippen LogP contribution in [-0.2, 0) is 4.79 Å². The summed E-state index contributed by atoms with van der Waals surface area (Å²) in [5, 5.41) is 13.1. The van der Waals surface area contributed by atoms with E-state index < -0.39 is 12.0 Å². The van der Waals surface area contributed by atoms with Gasteiger partial charge in [-0.15, -0.1) is 0 Å². The van der Waals surface area contributed by atoms with Gasteiger partial charge in [-0.3, -0.25) is 9.78 Å². The van der Waals surface area contributed by atoms with Gasteiger partial charge in [-0.25, -0.2) is 0 Å². The molecule has 0 bridgehead atoms. The van der Waals surface area contributed by atoms with Gasteiger partial charge in [-0.05, 0) is 31.4 Å². The molecule has 2 N–H and O–H groups in total. The Morgan fingerprint density at radius 2 is 2.39 bits per heavy atom. The zero-order valence-electron chi connectivity index (χ0n) is 9.80. The highest BCUT2D eigenvalue weighted by Crippen LogP contribution is 2.32. The molecule has 5 nitrogen and oxygen atoms in total. The molecule has 1 aliphatic heterocycles. The first kappa shape index (κ1) is 11.2. The minimum absolute atomic E-state index is 0.190. The Labute approximate surface area is 104 Å². The van der Waals surface area contributed by atoms with Crippen molar-refractivity contribution < 1.29 is 14.3 Å².